The van der Waals surface area contributed by atoms with Gasteiger partial charge in [0, 0.05) is 25.0 Å². The van der Waals surface area contributed by atoms with Gasteiger partial charge in [-0.25, -0.2) is 15.0 Å². The molecule has 0 aliphatic carbocycles. The van der Waals surface area contributed by atoms with E-state index in [4.69, 9.17) is 4.74 Å². The molecule has 7 nitrogen and oxygen atoms in total. The molecule has 0 spiro atoms. The minimum Gasteiger partial charge on any atom is -0.460 e. The van der Waals surface area contributed by atoms with E-state index in [-0.39, 0.29) is 12.6 Å². The summed E-state index contributed by atoms with van der Waals surface area (Å²) in [7, 11) is 0. The van der Waals surface area contributed by atoms with Gasteiger partial charge in [-0.3, -0.25) is 9.78 Å². The van der Waals surface area contributed by atoms with Gasteiger partial charge in [-0.1, -0.05) is 24.3 Å². The number of nitrogens with zero attached hydrogens (tertiary/aromatic N) is 4. The second kappa shape index (κ2) is 8.29. The third-order valence-electron chi connectivity index (χ3n) is 3.21. The summed E-state index contributed by atoms with van der Waals surface area (Å²) < 4.78 is 5.34. The Morgan fingerprint density at radius 3 is 2.68 bits per heavy atom. The number of nitrogens with one attached hydrogen (secondary N) is 1. The van der Waals surface area contributed by atoms with Crippen molar-refractivity contribution in [1.82, 2.24) is 19.9 Å². The van der Waals surface area contributed by atoms with Crippen LogP contribution >= 0.6 is 11.3 Å². The fraction of sp³-hybridized carbons (Fsp3) is 0.235. The minimum atomic E-state index is -0.219. The van der Waals surface area contributed by atoms with Crippen LogP contribution in [0.1, 0.15) is 24.6 Å². The average Bonchev–Trinajstić information content (AvgIpc) is 3.04. The van der Waals surface area contributed by atoms with Crippen molar-refractivity contribution in [2.45, 2.75) is 26.4 Å². The lowest BCUT2D eigenvalue weighted by Gasteiger charge is -2.03. The number of pyridine rings is 1. The number of carbonyl (C=O) groups is 1. The van der Waals surface area contributed by atoms with E-state index in [0.717, 1.165) is 17.0 Å². The van der Waals surface area contributed by atoms with Crippen LogP contribution in [-0.2, 0) is 16.1 Å². The highest BCUT2D eigenvalue weighted by molar-refractivity contribution is 7.16. The third-order valence-corrected chi connectivity index (χ3v) is 4.15. The van der Waals surface area contributed by atoms with Crippen LogP contribution in [0.3, 0.4) is 0 Å². The van der Waals surface area contributed by atoms with Crippen molar-refractivity contribution in [2.75, 3.05) is 5.32 Å². The Labute approximate surface area is 149 Å². The van der Waals surface area contributed by atoms with E-state index in [1.807, 2.05) is 25.1 Å². The molecule has 0 fully saturated rings. The van der Waals surface area contributed by atoms with Gasteiger partial charge in [0.05, 0.1) is 10.6 Å². The van der Waals surface area contributed by atoms with Crippen molar-refractivity contribution in [3.05, 3.63) is 47.7 Å². The number of rotatable bonds is 7. The second-order valence-corrected chi connectivity index (χ2v) is 6.20. The quantitative estimate of drug-likeness (QED) is 0.648. The summed E-state index contributed by atoms with van der Waals surface area (Å²) in [6.45, 7) is 2.11. The summed E-state index contributed by atoms with van der Waals surface area (Å²) in [6.07, 6.45) is 6.16. The van der Waals surface area contributed by atoms with Crippen LogP contribution in [-0.4, -0.2) is 25.9 Å². The maximum absolute atomic E-state index is 11.7. The molecule has 1 N–H and O–H groups in total. The fourth-order valence-corrected chi connectivity index (χ4v) is 2.96. The molecule has 3 aromatic rings. The van der Waals surface area contributed by atoms with Gasteiger partial charge in [0.25, 0.3) is 0 Å². The minimum absolute atomic E-state index is 0.166. The van der Waals surface area contributed by atoms with E-state index >= 15 is 0 Å². The monoisotopic (exact) mass is 355 g/mol. The maximum Gasteiger partial charge on any atom is 0.306 e. The molecular weight excluding hydrogens is 338 g/mol. The van der Waals surface area contributed by atoms with Gasteiger partial charge < -0.3 is 10.1 Å². The first kappa shape index (κ1) is 17.0. The van der Waals surface area contributed by atoms with E-state index in [1.165, 1.54) is 11.3 Å². The molecule has 8 heteroatoms. The van der Waals surface area contributed by atoms with Crippen LogP contribution in [0.25, 0.3) is 11.4 Å². The van der Waals surface area contributed by atoms with Crippen LogP contribution in [0.2, 0.25) is 0 Å². The summed E-state index contributed by atoms with van der Waals surface area (Å²) in [6, 6.07) is 7.34. The van der Waals surface area contributed by atoms with E-state index < -0.39 is 0 Å². The number of ether oxygens (including phenoxy) is 1. The summed E-state index contributed by atoms with van der Waals surface area (Å²) in [4.78, 5) is 29.7. The van der Waals surface area contributed by atoms with Gasteiger partial charge in [-0.05, 0) is 24.6 Å². The summed E-state index contributed by atoms with van der Waals surface area (Å²) in [5.41, 5.74) is 1.41. The lowest BCUT2D eigenvalue weighted by molar-refractivity contribution is -0.144. The van der Waals surface area contributed by atoms with E-state index in [2.05, 4.69) is 25.3 Å². The van der Waals surface area contributed by atoms with Crippen LogP contribution in [0.4, 0.5) is 11.1 Å². The number of aromatic nitrogens is 4. The van der Waals surface area contributed by atoms with Gasteiger partial charge in [-0.2, -0.15) is 0 Å². The number of hydrogen-bond donors (Lipinski definition) is 1. The highest BCUT2D eigenvalue weighted by atomic mass is 32.1. The molecule has 25 heavy (non-hydrogen) atoms. The van der Waals surface area contributed by atoms with Crippen molar-refractivity contribution in [2.24, 2.45) is 0 Å². The van der Waals surface area contributed by atoms with Crippen LogP contribution in [0, 0.1) is 0 Å². The third kappa shape index (κ3) is 4.57. The molecule has 3 aromatic heterocycles. The van der Waals surface area contributed by atoms with Crippen molar-refractivity contribution in [3.8, 4) is 11.4 Å². The van der Waals surface area contributed by atoms with Crippen LogP contribution < -0.4 is 5.32 Å². The van der Waals surface area contributed by atoms with Gasteiger partial charge in [0.15, 0.2) is 5.13 Å². The maximum atomic E-state index is 11.7. The van der Waals surface area contributed by atoms with Crippen molar-refractivity contribution >= 4 is 28.4 Å². The number of hydrogen-bond acceptors (Lipinski definition) is 8. The molecule has 0 saturated heterocycles. The average molecular weight is 355 g/mol. The standard InChI is InChI=1S/C17H17N5O2S/c1-2-6-14(23)24-11-13-15(12-7-3-4-8-18-12)21-17(25-13)22-16-19-9-5-10-20-16/h3-5,7-10H,2,6,11H2,1H3,(H,19,20,21,22). The molecule has 0 radical (unpaired) electrons. The van der Waals surface area contributed by atoms with Crippen molar-refractivity contribution in [3.63, 3.8) is 0 Å². The number of carbonyl (C=O) groups excluding carboxylic acids is 1. The number of anilines is 2. The zero-order valence-electron chi connectivity index (χ0n) is 13.7. The predicted octanol–water partition coefficient (Wildman–Crippen LogP) is 3.58. The van der Waals surface area contributed by atoms with Crippen LogP contribution in [0.15, 0.2) is 42.9 Å². The lowest BCUT2D eigenvalue weighted by atomic mass is 10.2. The molecular formula is C17H17N5O2S. The lowest BCUT2D eigenvalue weighted by Crippen LogP contribution is -2.03. The van der Waals surface area contributed by atoms with Crippen molar-refractivity contribution < 1.29 is 9.53 Å². The number of thiazole rings is 1. The largest absolute Gasteiger partial charge is 0.460 e. The Balaban J connectivity index is 1.84. The Morgan fingerprint density at radius 1 is 1.16 bits per heavy atom. The summed E-state index contributed by atoms with van der Waals surface area (Å²) in [5.74, 6) is 0.238. The topological polar surface area (TPSA) is 89.9 Å². The molecule has 0 saturated carbocycles. The number of esters is 1. The van der Waals surface area contributed by atoms with Crippen LogP contribution in [0.5, 0.6) is 0 Å². The van der Waals surface area contributed by atoms with Gasteiger partial charge in [-0.15, -0.1) is 0 Å². The van der Waals surface area contributed by atoms with Gasteiger partial charge >= 0.3 is 5.97 Å². The molecule has 0 bridgehead atoms. The summed E-state index contributed by atoms with van der Waals surface area (Å²) in [5, 5.41) is 3.68. The molecule has 128 valence electrons. The first-order valence-electron chi connectivity index (χ1n) is 7.87. The van der Waals surface area contributed by atoms with E-state index in [0.29, 0.717) is 23.2 Å². The highest BCUT2D eigenvalue weighted by Gasteiger charge is 2.16. The molecule has 3 rings (SSSR count). The zero-order valence-corrected chi connectivity index (χ0v) is 14.5. The predicted molar refractivity (Wildman–Crippen MR) is 95.4 cm³/mol. The molecule has 0 aromatic carbocycles. The highest BCUT2D eigenvalue weighted by Crippen LogP contribution is 2.31. The molecule has 0 amide bonds. The van der Waals surface area contributed by atoms with Gasteiger partial charge in [0.2, 0.25) is 5.95 Å². The molecule has 0 atom stereocenters. The Bertz CT molecular complexity index is 824. The molecule has 0 aliphatic heterocycles. The van der Waals surface area contributed by atoms with E-state index in [1.54, 1.807) is 24.7 Å². The Kier molecular flexibility index (Phi) is 5.63. The SMILES string of the molecule is CCCC(=O)OCc1sc(Nc2ncccn2)nc1-c1ccccn1. The Hall–Kier alpha value is -2.87. The summed E-state index contributed by atoms with van der Waals surface area (Å²) >= 11 is 1.39. The first-order valence-corrected chi connectivity index (χ1v) is 8.68. The van der Waals surface area contributed by atoms with Crippen molar-refractivity contribution in [1.29, 1.82) is 0 Å². The Morgan fingerprint density at radius 2 is 1.96 bits per heavy atom. The molecule has 3 heterocycles. The van der Waals surface area contributed by atoms with Gasteiger partial charge in [0.1, 0.15) is 12.3 Å². The first-order chi connectivity index (χ1) is 12.3. The normalized spacial score (nSPS) is 10.4. The molecule has 0 aliphatic rings. The fourth-order valence-electron chi connectivity index (χ4n) is 2.09. The zero-order chi connectivity index (χ0) is 17.5. The molecule has 0 unspecified atom stereocenters. The van der Waals surface area contributed by atoms with E-state index in [9.17, 15) is 4.79 Å². The smallest absolute Gasteiger partial charge is 0.306 e. The second-order valence-electron chi connectivity index (χ2n) is 5.11.